The molecule has 3 rings (SSSR count). The lowest BCUT2D eigenvalue weighted by Crippen LogP contribution is -2.23. The lowest BCUT2D eigenvalue weighted by molar-refractivity contribution is 0.692. The molecule has 2 aromatic heterocycles. The third-order valence-electron chi connectivity index (χ3n) is 4.20. The normalized spacial score (nSPS) is 15.5. The van der Waals surface area contributed by atoms with Crippen LogP contribution in [0.5, 0.6) is 0 Å². The van der Waals surface area contributed by atoms with Crippen molar-refractivity contribution < 1.29 is 0 Å². The molecular weight excluding hydrogens is 288 g/mol. The average molecular weight is 312 g/mol. The first kappa shape index (κ1) is 15.6. The molecule has 2 aromatic rings. The van der Waals surface area contributed by atoms with Crippen molar-refractivity contribution in [2.45, 2.75) is 38.0 Å². The monoisotopic (exact) mass is 312 g/mol. The minimum Gasteiger partial charge on any atom is -0.353 e. The Balaban J connectivity index is 1.78. The molecule has 0 aromatic carbocycles. The van der Waals surface area contributed by atoms with Crippen LogP contribution in [-0.4, -0.2) is 40.6 Å². The van der Waals surface area contributed by atoms with Gasteiger partial charge in [-0.25, -0.2) is 0 Å². The first-order valence-corrected chi connectivity index (χ1v) is 8.09. The topological polar surface area (TPSA) is 66.8 Å². The Morgan fingerprint density at radius 3 is 2.52 bits per heavy atom. The molecule has 1 aliphatic rings. The fraction of sp³-hybridized carbons (Fsp3) is 0.529. The van der Waals surface area contributed by atoms with E-state index in [-0.39, 0.29) is 11.3 Å². The number of hydrogen-bond donors (Lipinski definition) is 1. The van der Waals surface area contributed by atoms with Gasteiger partial charge in [-0.15, -0.1) is 0 Å². The second-order valence-corrected chi connectivity index (χ2v) is 6.72. The zero-order valence-corrected chi connectivity index (χ0v) is 14.2. The summed E-state index contributed by atoms with van der Waals surface area (Å²) in [5, 5.41) is 3.41. The van der Waals surface area contributed by atoms with E-state index in [4.69, 9.17) is 0 Å². The van der Waals surface area contributed by atoms with Crippen molar-refractivity contribution in [3.05, 3.63) is 35.9 Å². The highest BCUT2D eigenvalue weighted by Crippen LogP contribution is 2.47. The van der Waals surface area contributed by atoms with Gasteiger partial charge in [0, 0.05) is 43.9 Å². The Hall–Kier alpha value is -2.24. The zero-order valence-electron chi connectivity index (χ0n) is 14.2. The molecule has 1 fully saturated rings. The summed E-state index contributed by atoms with van der Waals surface area (Å²) in [6.07, 6.45) is 4.17. The summed E-state index contributed by atoms with van der Waals surface area (Å²) < 4.78 is 0. The van der Waals surface area contributed by atoms with E-state index in [0.29, 0.717) is 11.9 Å². The molecule has 0 atom stereocenters. The largest absolute Gasteiger partial charge is 0.353 e. The van der Waals surface area contributed by atoms with E-state index >= 15 is 0 Å². The number of nitrogens with one attached hydrogen (secondary N) is 1. The molecule has 0 radical (unpaired) electrons. The second kappa shape index (κ2) is 6.10. The molecule has 0 aliphatic heterocycles. The molecule has 0 saturated heterocycles. The van der Waals surface area contributed by atoms with Gasteiger partial charge in [0.1, 0.15) is 5.82 Å². The van der Waals surface area contributed by atoms with Crippen LogP contribution in [0.3, 0.4) is 0 Å². The smallest absolute Gasteiger partial charge is 0.229 e. The second-order valence-electron chi connectivity index (χ2n) is 6.72. The van der Waals surface area contributed by atoms with E-state index in [9.17, 15) is 0 Å². The number of pyridine rings is 1. The van der Waals surface area contributed by atoms with E-state index in [1.165, 1.54) is 0 Å². The summed E-state index contributed by atoms with van der Waals surface area (Å²) in [4.78, 5) is 20.0. The van der Waals surface area contributed by atoms with Gasteiger partial charge in [-0.1, -0.05) is 19.9 Å². The van der Waals surface area contributed by atoms with Crippen molar-refractivity contribution in [3.63, 3.8) is 0 Å². The molecule has 23 heavy (non-hydrogen) atoms. The number of hydrogen-bond acceptors (Lipinski definition) is 6. The van der Waals surface area contributed by atoms with Gasteiger partial charge in [0.2, 0.25) is 11.9 Å². The van der Waals surface area contributed by atoms with E-state index in [1.54, 1.807) is 0 Å². The SMILES string of the molecule is CC(C)c1nc(NCC2(c3ccccn3)CC2)nc(N(C)C)n1. The number of nitrogens with zero attached hydrogens (tertiary/aromatic N) is 5. The van der Waals surface area contributed by atoms with Gasteiger partial charge in [0.25, 0.3) is 0 Å². The van der Waals surface area contributed by atoms with Gasteiger partial charge in [0.05, 0.1) is 0 Å². The first-order chi connectivity index (χ1) is 11.0. The number of rotatable bonds is 6. The van der Waals surface area contributed by atoms with E-state index in [2.05, 4.69) is 45.2 Å². The van der Waals surface area contributed by atoms with E-state index in [0.717, 1.165) is 30.9 Å². The minimum absolute atomic E-state index is 0.129. The Labute approximate surface area is 137 Å². The highest BCUT2D eigenvalue weighted by atomic mass is 15.3. The van der Waals surface area contributed by atoms with Crippen LogP contribution in [-0.2, 0) is 5.41 Å². The lowest BCUT2D eigenvalue weighted by atomic mass is 10.0. The minimum atomic E-state index is 0.129. The molecule has 2 heterocycles. The molecule has 0 spiro atoms. The third kappa shape index (κ3) is 3.41. The molecule has 122 valence electrons. The van der Waals surface area contributed by atoms with Gasteiger partial charge in [-0.2, -0.15) is 15.0 Å². The van der Waals surface area contributed by atoms with Crippen molar-refractivity contribution >= 4 is 11.9 Å². The van der Waals surface area contributed by atoms with Crippen LogP contribution in [0.1, 0.15) is 44.1 Å². The first-order valence-electron chi connectivity index (χ1n) is 8.09. The summed E-state index contributed by atoms with van der Waals surface area (Å²) in [5.74, 6) is 2.42. The average Bonchev–Trinajstić information content (AvgIpc) is 3.34. The van der Waals surface area contributed by atoms with Gasteiger partial charge in [0.15, 0.2) is 0 Å². The Kier molecular flexibility index (Phi) is 4.15. The highest BCUT2D eigenvalue weighted by Gasteiger charge is 2.45. The van der Waals surface area contributed by atoms with Crippen LogP contribution >= 0.6 is 0 Å². The molecule has 6 nitrogen and oxygen atoms in total. The summed E-state index contributed by atoms with van der Waals surface area (Å²) >= 11 is 0. The van der Waals surface area contributed by atoms with Crippen LogP contribution in [0.4, 0.5) is 11.9 Å². The molecule has 0 unspecified atom stereocenters. The fourth-order valence-corrected chi connectivity index (χ4v) is 2.52. The molecule has 0 amide bonds. The lowest BCUT2D eigenvalue weighted by Gasteiger charge is -2.18. The van der Waals surface area contributed by atoms with Crippen LogP contribution < -0.4 is 10.2 Å². The quantitative estimate of drug-likeness (QED) is 0.884. The van der Waals surface area contributed by atoms with Gasteiger partial charge in [-0.3, -0.25) is 4.98 Å². The van der Waals surface area contributed by atoms with Crippen molar-refractivity contribution in [2.24, 2.45) is 0 Å². The molecule has 6 heteroatoms. The van der Waals surface area contributed by atoms with Crippen LogP contribution in [0.25, 0.3) is 0 Å². The van der Waals surface area contributed by atoms with Crippen LogP contribution in [0, 0.1) is 0 Å². The van der Waals surface area contributed by atoms with Gasteiger partial charge >= 0.3 is 0 Å². The fourth-order valence-electron chi connectivity index (χ4n) is 2.52. The maximum atomic E-state index is 4.56. The maximum absolute atomic E-state index is 4.56. The summed E-state index contributed by atoms with van der Waals surface area (Å²) in [6, 6.07) is 6.11. The summed E-state index contributed by atoms with van der Waals surface area (Å²) in [5.41, 5.74) is 1.28. The molecule has 1 aliphatic carbocycles. The number of aromatic nitrogens is 4. The maximum Gasteiger partial charge on any atom is 0.229 e. The van der Waals surface area contributed by atoms with Crippen LogP contribution in [0.15, 0.2) is 24.4 Å². The summed E-state index contributed by atoms with van der Waals surface area (Å²) in [6.45, 7) is 4.99. The Morgan fingerprint density at radius 1 is 1.17 bits per heavy atom. The zero-order chi connectivity index (χ0) is 16.4. The Bertz CT molecular complexity index is 638. The highest BCUT2D eigenvalue weighted by molar-refractivity contribution is 5.38. The predicted molar refractivity (Wildman–Crippen MR) is 91.9 cm³/mol. The van der Waals surface area contributed by atoms with Gasteiger partial charge < -0.3 is 10.2 Å². The molecule has 1 saturated carbocycles. The standard InChI is InChI=1S/C17H24N6/c1-12(2)14-20-15(22-16(21-14)23(3)4)19-11-17(8-9-17)13-7-5-6-10-18-13/h5-7,10,12H,8-9,11H2,1-4H3,(H,19,20,21,22). The van der Waals surface area contributed by atoms with Crippen molar-refractivity contribution in [1.82, 2.24) is 19.9 Å². The summed E-state index contributed by atoms with van der Waals surface area (Å²) in [7, 11) is 3.89. The predicted octanol–water partition coefficient (Wildman–Crippen LogP) is 2.60. The van der Waals surface area contributed by atoms with Crippen molar-refractivity contribution in [3.8, 4) is 0 Å². The molecule has 1 N–H and O–H groups in total. The molecule has 0 bridgehead atoms. The van der Waals surface area contributed by atoms with E-state index < -0.39 is 0 Å². The Morgan fingerprint density at radius 2 is 1.96 bits per heavy atom. The van der Waals surface area contributed by atoms with Crippen LogP contribution in [0.2, 0.25) is 0 Å². The van der Waals surface area contributed by atoms with Crippen molar-refractivity contribution in [2.75, 3.05) is 30.9 Å². The van der Waals surface area contributed by atoms with E-state index in [1.807, 2.05) is 37.3 Å². The van der Waals surface area contributed by atoms with Crippen molar-refractivity contribution in [1.29, 1.82) is 0 Å². The molecular formula is C17H24N6. The van der Waals surface area contributed by atoms with Gasteiger partial charge in [-0.05, 0) is 25.0 Å². The third-order valence-corrected chi connectivity index (χ3v) is 4.20. The number of anilines is 2.